The van der Waals surface area contributed by atoms with Crippen molar-refractivity contribution in [3.63, 3.8) is 0 Å². The molecule has 0 aromatic heterocycles. The molecule has 0 aromatic carbocycles. The number of ether oxygens (including phenoxy) is 3. The molecule has 0 radical (unpaired) electrons. The molecule has 6 heteroatoms. The fraction of sp³-hybridized carbons (Fsp3) is 0.841. The monoisotopic (exact) mass is 1050 g/mol. The normalized spacial score (nSPS) is 12.3. The Morgan fingerprint density at radius 1 is 0.267 bits per heavy atom. The second-order valence-corrected chi connectivity index (χ2v) is 22.4. The van der Waals surface area contributed by atoms with E-state index >= 15 is 0 Å². The summed E-state index contributed by atoms with van der Waals surface area (Å²) in [4.78, 5) is 38.3. The molecule has 0 heterocycles. The van der Waals surface area contributed by atoms with Crippen LogP contribution in [0.5, 0.6) is 0 Å². The van der Waals surface area contributed by atoms with Crippen molar-refractivity contribution in [2.45, 2.75) is 361 Å². The molecular weight excluding hydrogens is 925 g/mol. The maximum atomic E-state index is 12.9. The quantitative estimate of drug-likeness (QED) is 0.0261. The van der Waals surface area contributed by atoms with E-state index in [1.54, 1.807) is 0 Å². The van der Waals surface area contributed by atoms with Crippen molar-refractivity contribution in [1.29, 1.82) is 0 Å². The van der Waals surface area contributed by atoms with Crippen molar-refractivity contribution in [1.82, 2.24) is 0 Å². The molecule has 75 heavy (non-hydrogen) atoms. The maximum absolute atomic E-state index is 12.9. The van der Waals surface area contributed by atoms with Crippen LogP contribution in [0.25, 0.3) is 0 Å². The van der Waals surface area contributed by atoms with Gasteiger partial charge in [0.25, 0.3) is 0 Å². The van der Waals surface area contributed by atoms with Gasteiger partial charge in [-0.15, -0.1) is 0 Å². The highest BCUT2D eigenvalue weighted by Gasteiger charge is 2.19. The number of allylic oxidation sites excluding steroid dienone is 8. The first-order chi connectivity index (χ1) is 37.0. The van der Waals surface area contributed by atoms with Crippen molar-refractivity contribution >= 4 is 17.9 Å². The molecule has 0 amide bonds. The Labute approximate surface area is 467 Å². The molecule has 0 rings (SSSR count). The van der Waals surface area contributed by atoms with E-state index in [1.165, 1.54) is 225 Å². The van der Waals surface area contributed by atoms with E-state index in [0.717, 1.165) is 89.9 Å². The fourth-order valence-electron chi connectivity index (χ4n) is 9.79. The van der Waals surface area contributed by atoms with E-state index in [1.807, 2.05) is 0 Å². The number of carbonyl (C=O) groups is 3. The summed E-state index contributed by atoms with van der Waals surface area (Å²) in [5.74, 6) is -0.879. The molecule has 0 aliphatic carbocycles. The number of esters is 3. The zero-order valence-electron chi connectivity index (χ0n) is 50.3. The number of carbonyl (C=O) groups excluding carboxylic acids is 3. The molecule has 1 atom stereocenters. The van der Waals surface area contributed by atoms with E-state index in [2.05, 4.69) is 69.4 Å². The molecule has 0 spiro atoms. The van der Waals surface area contributed by atoms with Gasteiger partial charge in [0.15, 0.2) is 6.10 Å². The average molecular weight is 1050 g/mol. The summed E-state index contributed by atoms with van der Waals surface area (Å²) >= 11 is 0. The SMILES string of the molecule is CCCC/C=C\C/C=C\CCCCCCCC(=O)OCC(COC(=O)CCCCCCCCCCCCCCCCCCCCCCCCCCC)OC(=O)CCCCCCCCC/C=C\C/C=C\CCCCCC. The molecule has 0 saturated heterocycles. The molecule has 0 fully saturated rings. The molecule has 438 valence electrons. The molecule has 0 aromatic rings. The third-order valence-electron chi connectivity index (χ3n) is 14.8. The minimum absolute atomic E-state index is 0.0775. The first-order valence-corrected chi connectivity index (χ1v) is 33.1. The van der Waals surface area contributed by atoms with Crippen LogP contribution >= 0.6 is 0 Å². The lowest BCUT2D eigenvalue weighted by atomic mass is 10.0. The smallest absolute Gasteiger partial charge is 0.306 e. The fourth-order valence-corrected chi connectivity index (χ4v) is 9.79. The lowest BCUT2D eigenvalue weighted by Crippen LogP contribution is -2.30. The second-order valence-electron chi connectivity index (χ2n) is 22.4. The van der Waals surface area contributed by atoms with Crippen LogP contribution in [0.3, 0.4) is 0 Å². The number of hydrogen-bond acceptors (Lipinski definition) is 6. The van der Waals surface area contributed by atoms with Crippen LogP contribution in [0.1, 0.15) is 355 Å². The van der Waals surface area contributed by atoms with Crippen LogP contribution in [0.15, 0.2) is 48.6 Å². The van der Waals surface area contributed by atoms with Gasteiger partial charge in [-0.3, -0.25) is 14.4 Å². The van der Waals surface area contributed by atoms with Crippen molar-refractivity contribution in [3.8, 4) is 0 Å². The summed E-state index contributed by atoms with van der Waals surface area (Å²) in [7, 11) is 0. The van der Waals surface area contributed by atoms with Crippen molar-refractivity contribution < 1.29 is 28.6 Å². The Morgan fingerprint density at radius 3 is 0.787 bits per heavy atom. The Bertz CT molecular complexity index is 1300. The van der Waals surface area contributed by atoms with Gasteiger partial charge < -0.3 is 14.2 Å². The molecule has 0 bridgehead atoms. The van der Waals surface area contributed by atoms with Gasteiger partial charge in [0.2, 0.25) is 0 Å². The molecule has 0 saturated carbocycles. The predicted molar refractivity (Wildman–Crippen MR) is 325 cm³/mol. The van der Waals surface area contributed by atoms with Gasteiger partial charge in [0.1, 0.15) is 13.2 Å². The van der Waals surface area contributed by atoms with Crippen molar-refractivity contribution in [3.05, 3.63) is 48.6 Å². The first kappa shape index (κ1) is 72.4. The van der Waals surface area contributed by atoms with Crippen LogP contribution in [-0.2, 0) is 28.6 Å². The van der Waals surface area contributed by atoms with Crippen LogP contribution in [-0.4, -0.2) is 37.2 Å². The lowest BCUT2D eigenvalue weighted by Gasteiger charge is -2.18. The van der Waals surface area contributed by atoms with E-state index in [0.29, 0.717) is 19.3 Å². The number of hydrogen-bond donors (Lipinski definition) is 0. The van der Waals surface area contributed by atoms with Gasteiger partial charge in [-0.1, -0.05) is 307 Å². The molecular formula is C69H126O6. The van der Waals surface area contributed by atoms with Gasteiger partial charge >= 0.3 is 17.9 Å². The Hall–Kier alpha value is -2.63. The number of rotatable bonds is 61. The Kier molecular flexibility index (Phi) is 61.7. The first-order valence-electron chi connectivity index (χ1n) is 33.1. The summed E-state index contributed by atoms with van der Waals surface area (Å²) in [5.41, 5.74) is 0. The summed E-state index contributed by atoms with van der Waals surface area (Å²) in [6.45, 7) is 6.62. The maximum Gasteiger partial charge on any atom is 0.306 e. The summed E-state index contributed by atoms with van der Waals surface area (Å²) in [5, 5.41) is 0. The van der Waals surface area contributed by atoms with E-state index < -0.39 is 6.10 Å². The van der Waals surface area contributed by atoms with Crippen molar-refractivity contribution in [2.24, 2.45) is 0 Å². The predicted octanol–water partition coefficient (Wildman–Crippen LogP) is 22.6. The van der Waals surface area contributed by atoms with Crippen LogP contribution in [0.4, 0.5) is 0 Å². The topological polar surface area (TPSA) is 78.9 Å². The standard InChI is InChI=1S/C69H126O6/c1-4-7-10-13-16-19-22-25-28-30-32-33-34-35-36-37-38-40-41-44-47-50-53-56-59-62-68(71)74-65-66(64-73-67(70)61-58-55-52-49-46-43-27-24-21-18-15-12-9-6-3)75-69(72)63-60-57-54-51-48-45-42-39-31-29-26-23-20-17-14-11-8-5-2/h15,18,20,23-24,27,29,31,66H,4-14,16-17,19,21-22,25-26,28,30,32-65H2,1-3H3/b18-15-,23-20-,27-24-,31-29-. The third kappa shape index (κ3) is 62.1. The summed E-state index contributed by atoms with van der Waals surface area (Å²) in [6, 6.07) is 0. The molecule has 0 N–H and O–H groups in total. The summed E-state index contributed by atoms with van der Waals surface area (Å²) in [6.07, 6.45) is 79.8. The summed E-state index contributed by atoms with van der Waals surface area (Å²) < 4.78 is 16.9. The zero-order valence-corrected chi connectivity index (χ0v) is 50.3. The highest BCUT2D eigenvalue weighted by atomic mass is 16.6. The minimum Gasteiger partial charge on any atom is -0.462 e. The van der Waals surface area contributed by atoms with E-state index in [-0.39, 0.29) is 31.1 Å². The van der Waals surface area contributed by atoms with Gasteiger partial charge in [-0.2, -0.15) is 0 Å². The van der Waals surface area contributed by atoms with E-state index in [4.69, 9.17) is 14.2 Å². The zero-order chi connectivity index (χ0) is 54.3. The van der Waals surface area contributed by atoms with Gasteiger partial charge in [-0.05, 0) is 77.0 Å². The van der Waals surface area contributed by atoms with Crippen LogP contribution in [0, 0.1) is 0 Å². The van der Waals surface area contributed by atoms with Gasteiger partial charge in [-0.25, -0.2) is 0 Å². The van der Waals surface area contributed by atoms with Gasteiger partial charge in [0, 0.05) is 19.3 Å². The molecule has 1 unspecified atom stereocenters. The van der Waals surface area contributed by atoms with Crippen molar-refractivity contribution in [2.75, 3.05) is 13.2 Å². The van der Waals surface area contributed by atoms with Crippen LogP contribution in [0.2, 0.25) is 0 Å². The average Bonchev–Trinajstić information content (AvgIpc) is 3.41. The highest BCUT2D eigenvalue weighted by molar-refractivity contribution is 5.71. The molecule has 6 nitrogen and oxygen atoms in total. The largest absolute Gasteiger partial charge is 0.462 e. The number of unbranched alkanes of at least 4 members (excludes halogenated alkanes) is 42. The van der Waals surface area contributed by atoms with Gasteiger partial charge in [0.05, 0.1) is 0 Å². The lowest BCUT2D eigenvalue weighted by molar-refractivity contribution is -0.167. The Balaban J connectivity index is 4.27. The Morgan fingerprint density at radius 2 is 0.493 bits per heavy atom. The molecule has 0 aliphatic heterocycles. The van der Waals surface area contributed by atoms with E-state index in [9.17, 15) is 14.4 Å². The molecule has 0 aliphatic rings. The van der Waals surface area contributed by atoms with Crippen LogP contribution < -0.4 is 0 Å². The highest BCUT2D eigenvalue weighted by Crippen LogP contribution is 2.18. The third-order valence-corrected chi connectivity index (χ3v) is 14.8. The second kappa shape index (κ2) is 63.9. The minimum atomic E-state index is -0.782.